The number of thiazole rings is 1. The van der Waals surface area contributed by atoms with Crippen molar-refractivity contribution in [1.29, 1.82) is 0 Å². The predicted octanol–water partition coefficient (Wildman–Crippen LogP) is 2.27. The van der Waals surface area contributed by atoms with Gasteiger partial charge in [0.05, 0.1) is 0 Å². The van der Waals surface area contributed by atoms with Crippen molar-refractivity contribution in [3.63, 3.8) is 0 Å². The molecule has 0 saturated carbocycles. The van der Waals surface area contributed by atoms with Crippen molar-refractivity contribution in [3.05, 3.63) is 16.1 Å². The van der Waals surface area contributed by atoms with Crippen LogP contribution in [0, 0.1) is 13.1 Å². The van der Waals surface area contributed by atoms with Crippen LogP contribution in [0.15, 0.2) is 0 Å². The molecular weight excluding hydrogens is 163 g/mol. The van der Waals surface area contributed by atoms with E-state index in [2.05, 4.69) is 11.2 Å². The standard InChI is InChI=1S/C5H3F3NS/c1-3-2-9-4(10-3)5(6,7)8/h1H3. The molecule has 1 aromatic rings. The van der Waals surface area contributed by atoms with Gasteiger partial charge in [-0.3, -0.25) is 0 Å². The highest BCUT2D eigenvalue weighted by Gasteiger charge is 2.34. The Morgan fingerprint density at radius 1 is 1.50 bits per heavy atom. The molecule has 0 unspecified atom stereocenters. The zero-order valence-corrected chi connectivity index (χ0v) is 5.81. The van der Waals surface area contributed by atoms with Crippen LogP contribution in [0.2, 0.25) is 0 Å². The molecule has 0 spiro atoms. The van der Waals surface area contributed by atoms with Crippen LogP contribution >= 0.6 is 11.3 Å². The predicted molar refractivity (Wildman–Crippen MR) is 30.7 cm³/mol. The smallest absolute Gasteiger partial charge is 0.230 e. The van der Waals surface area contributed by atoms with Gasteiger partial charge in [0.2, 0.25) is 0 Å². The molecule has 0 aliphatic carbocycles. The maximum atomic E-state index is 11.7. The minimum Gasteiger partial charge on any atom is -0.230 e. The number of aryl methyl sites for hydroxylation is 1. The lowest BCUT2D eigenvalue weighted by Gasteiger charge is -1.98. The Balaban J connectivity index is 2.96. The summed E-state index contributed by atoms with van der Waals surface area (Å²) in [5.41, 5.74) is 0. The molecule has 0 fully saturated rings. The maximum absolute atomic E-state index is 11.7. The van der Waals surface area contributed by atoms with Crippen LogP contribution in [0.3, 0.4) is 0 Å². The van der Waals surface area contributed by atoms with Gasteiger partial charge in [0.1, 0.15) is 6.20 Å². The zero-order chi connectivity index (χ0) is 7.78. The Hall–Kier alpha value is -0.580. The molecule has 0 N–H and O–H groups in total. The molecule has 1 aromatic heterocycles. The minimum atomic E-state index is -4.31. The highest BCUT2D eigenvalue weighted by Crippen LogP contribution is 2.31. The summed E-state index contributed by atoms with van der Waals surface area (Å²) in [6.07, 6.45) is -2.09. The van der Waals surface area contributed by atoms with E-state index in [1.165, 1.54) is 6.92 Å². The Bertz CT molecular complexity index is 227. The van der Waals surface area contributed by atoms with E-state index >= 15 is 0 Å². The van der Waals surface area contributed by atoms with Gasteiger partial charge in [0, 0.05) is 4.88 Å². The van der Waals surface area contributed by atoms with Crippen molar-refractivity contribution in [2.24, 2.45) is 0 Å². The van der Waals surface area contributed by atoms with Crippen LogP contribution in [0.4, 0.5) is 13.2 Å². The molecule has 0 aromatic carbocycles. The molecule has 1 heterocycles. The first-order valence-electron chi connectivity index (χ1n) is 2.42. The van der Waals surface area contributed by atoms with Gasteiger partial charge in [-0.1, -0.05) is 0 Å². The van der Waals surface area contributed by atoms with Gasteiger partial charge >= 0.3 is 6.18 Å². The highest BCUT2D eigenvalue weighted by atomic mass is 32.1. The average Bonchev–Trinajstić information content (AvgIpc) is 2.11. The number of hydrogen-bond acceptors (Lipinski definition) is 2. The maximum Gasteiger partial charge on any atom is 0.443 e. The Labute approximate surface area is 59.5 Å². The van der Waals surface area contributed by atoms with Gasteiger partial charge in [0.15, 0.2) is 5.01 Å². The van der Waals surface area contributed by atoms with Gasteiger partial charge < -0.3 is 0 Å². The van der Waals surface area contributed by atoms with E-state index < -0.39 is 11.2 Å². The number of halogens is 3. The Morgan fingerprint density at radius 2 is 2.10 bits per heavy atom. The first kappa shape index (κ1) is 7.53. The third-order valence-electron chi connectivity index (χ3n) is 0.807. The van der Waals surface area contributed by atoms with Gasteiger partial charge in [-0.2, -0.15) is 13.2 Å². The normalized spacial score (nSPS) is 12.0. The summed E-state index contributed by atoms with van der Waals surface area (Å²) in [5, 5.41) is -0.829. The number of rotatable bonds is 0. The van der Waals surface area contributed by atoms with Crippen molar-refractivity contribution < 1.29 is 13.2 Å². The van der Waals surface area contributed by atoms with E-state index in [1.54, 1.807) is 0 Å². The lowest BCUT2D eigenvalue weighted by Crippen LogP contribution is -2.02. The molecule has 1 nitrogen and oxygen atoms in total. The second kappa shape index (κ2) is 2.23. The molecule has 0 aliphatic rings. The molecule has 5 heteroatoms. The molecule has 0 aliphatic heterocycles. The Morgan fingerprint density at radius 3 is 2.30 bits per heavy atom. The quantitative estimate of drug-likeness (QED) is 0.576. The fourth-order valence-electron chi connectivity index (χ4n) is 0.441. The second-order valence-corrected chi connectivity index (χ2v) is 2.89. The van der Waals surface area contributed by atoms with Crippen molar-refractivity contribution in [2.45, 2.75) is 13.1 Å². The highest BCUT2D eigenvalue weighted by molar-refractivity contribution is 7.11. The zero-order valence-electron chi connectivity index (χ0n) is 4.99. The molecule has 0 bridgehead atoms. The summed E-state index contributed by atoms with van der Waals surface area (Å²) in [6, 6.07) is 0. The van der Waals surface area contributed by atoms with Crippen molar-refractivity contribution in [2.75, 3.05) is 0 Å². The van der Waals surface area contributed by atoms with E-state index in [4.69, 9.17) is 0 Å². The van der Waals surface area contributed by atoms with Crippen LogP contribution in [0.25, 0.3) is 0 Å². The molecule has 0 amide bonds. The van der Waals surface area contributed by atoms with Gasteiger partial charge in [0.25, 0.3) is 0 Å². The topological polar surface area (TPSA) is 12.9 Å². The summed E-state index contributed by atoms with van der Waals surface area (Å²) in [4.78, 5) is 3.51. The molecule has 1 rings (SSSR count). The van der Waals surface area contributed by atoms with Crippen molar-refractivity contribution >= 4 is 11.3 Å². The molecule has 0 atom stereocenters. The Kier molecular flexibility index (Phi) is 1.68. The van der Waals surface area contributed by atoms with Crippen LogP contribution in [0.5, 0.6) is 0 Å². The average molecular weight is 166 g/mol. The van der Waals surface area contributed by atoms with Gasteiger partial charge in [-0.25, -0.2) is 4.98 Å². The van der Waals surface area contributed by atoms with Crippen molar-refractivity contribution in [1.82, 2.24) is 4.98 Å². The fraction of sp³-hybridized carbons (Fsp3) is 0.400. The lowest BCUT2D eigenvalue weighted by molar-refractivity contribution is -0.137. The second-order valence-electron chi connectivity index (χ2n) is 1.68. The molecule has 0 saturated heterocycles. The van der Waals surface area contributed by atoms with Crippen LogP contribution in [0.1, 0.15) is 9.88 Å². The number of aromatic nitrogens is 1. The minimum absolute atomic E-state index is 0.451. The third kappa shape index (κ3) is 1.47. The van der Waals surface area contributed by atoms with E-state index in [1.807, 2.05) is 0 Å². The van der Waals surface area contributed by atoms with E-state index in [-0.39, 0.29) is 0 Å². The van der Waals surface area contributed by atoms with Crippen LogP contribution in [-0.2, 0) is 6.18 Å². The van der Waals surface area contributed by atoms with E-state index in [0.717, 1.165) is 0 Å². The molecular formula is C5H3F3NS. The lowest BCUT2D eigenvalue weighted by atomic mass is 10.6. The van der Waals surface area contributed by atoms with Gasteiger partial charge in [-0.15, -0.1) is 11.3 Å². The SMILES string of the molecule is Cc1[c]nc(C(F)(F)F)s1. The van der Waals surface area contributed by atoms with Gasteiger partial charge in [-0.05, 0) is 6.92 Å². The van der Waals surface area contributed by atoms with E-state index in [0.29, 0.717) is 16.2 Å². The first-order chi connectivity index (χ1) is 4.50. The summed E-state index contributed by atoms with van der Waals surface area (Å²) in [6.45, 7) is 1.53. The largest absolute Gasteiger partial charge is 0.443 e. The third-order valence-corrected chi connectivity index (χ3v) is 1.72. The van der Waals surface area contributed by atoms with Crippen LogP contribution in [-0.4, -0.2) is 4.98 Å². The molecule has 10 heavy (non-hydrogen) atoms. The summed E-state index contributed by atoms with van der Waals surface area (Å²) >= 11 is 0.603. The number of alkyl halides is 3. The van der Waals surface area contributed by atoms with Crippen LogP contribution < -0.4 is 0 Å². The summed E-state index contributed by atoms with van der Waals surface area (Å²) in [7, 11) is 0. The monoisotopic (exact) mass is 166 g/mol. The van der Waals surface area contributed by atoms with E-state index in [9.17, 15) is 13.2 Å². The van der Waals surface area contributed by atoms with Crippen molar-refractivity contribution in [3.8, 4) is 0 Å². The number of hydrogen-bond donors (Lipinski definition) is 0. The fourth-order valence-corrected chi connectivity index (χ4v) is 1.03. The molecule has 1 radical (unpaired) electrons. The summed E-state index contributed by atoms with van der Waals surface area (Å²) in [5.74, 6) is 0. The molecule has 55 valence electrons. The summed E-state index contributed by atoms with van der Waals surface area (Å²) < 4.78 is 35.2. The number of nitrogens with zero attached hydrogens (tertiary/aromatic N) is 1. The first-order valence-corrected chi connectivity index (χ1v) is 3.24.